The first-order valence-corrected chi connectivity index (χ1v) is 12.0. The third kappa shape index (κ3) is 4.52. The molecule has 0 fully saturated rings. The van der Waals surface area contributed by atoms with E-state index in [0.29, 0.717) is 24.1 Å². The molecule has 0 unspecified atom stereocenters. The number of fused-ring (bicyclic) bond motifs is 2. The van der Waals surface area contributed by atoms with Crippen molar-refractivity contribution in [3.8, 4) is 10.6 Å². The highest BCUT2D eigenvalue weighted by molar-refractivity contribution is 7.85. The molecule has 0 amide bonds. The van der Waals surface area contributed by atoms with E-state index in [0.717, 1.165) is 41.0 Å². The highest BCUT2D eigenvalue weighted by atomic mass is 32.2. The molecular formula is C20H22N2O5S2. The van der Waals surface area contributed by atoms with Gasteiger partial charge in [0, 0.05) is 35.6 Å². The van der Waals surface area contributed by atoms with Gasteiger partial charge in [0.2, 0.25) is 0 Å². The summed E-state index contributed by atoms with van der Waals surface area (Å²) < 4.78 is 36.1. The molecule has 1 N–H and O–H groups in total. The van der Waals surface area contributed by atoms with Gasteiger partial charge in [-0.2, -0.15) is 8.42 Å². The van der Waals surface area contributed by atoms with Crippen LogP contribution in [0, 0.1) is 0 Å². The summed E-state index contributed by atoms with van der Waals surface area (Å²) in [4.78, 5) is 20.4. The second-order valence-electron chi connectivity index (χ2n) is 7.33. The fourth-order valence-electron chi connectivity index (χ4n) is 3.57. The van der Waals surface area contributed by atoms with Gasteiger partial charge in [-0.15, -0.1) is 11.3 Å². The minimum atomic E-state index is -3.97. The summed E-state index contributed by atoms with van der Waals surface area (Å²) >= 11 is 1.58. The molecule has 29 heavy (non-hydrogen) atoms. The maximum absolute atomic E-state index is 12.6. The average molecular weight is 435 g/mol. The van der Waals surface area contributed by atoms with E-state index in [9.17, 15) is 13.2 Å². The number of hydrogen-bond donors (Lipinski definition) is 1. The van der Waals surface area contributed by atoms with Crippen LogP contribution in [0.25, 0.3) is 21.5 Å². The predicted octanol–water partition coefficient (Wildman–Crippen LogP) is 3.51. The van der Waals surface area contributed by atoms with Crippen LogP contribution in [0.4, 0.5) is 5.69 Å². The summed E-state index contributed by atoms with van der Waals surface area (Å²) in [6, 6.07) is 7.37. The fraction of sp³-hybridized carbons (Fsp3) is 0.400. The molecule has 2 heterocycles. The zero-order valence-corrected chi connectivity index (χ0v) is 17.7. The Hall–Kier alpha value is -2.23. The molecular weight excluding hydrogens is 412 g/mol. The van der Waals surface area contributed by atoms with Crippen LogP contribution >= 0.6 is 11.3 Å². The topological polar surface area (TPSA) is 101 Å². The molecule has 1 aromatic carbocycles. The van der Waals surface area contributed by atoms with Crippen LogP contribution < -0.4 is 10.5 Å². The van der Waals surface area contributed by atoms with E-state index in [1.165, 1.54) is 11.3 Å². The second kappa shape index (κ2) is 7.89. The molecule has 0 saturated heterocycles. The van der Waals surface area contributed by atoms with Gasteiger partial charge in [-0.1, -0.05) is 0 Å². The van der Waals surface area contributed by atoms with E-state index in [2.05, 4.69) is 4.98 Å². The molecule has 154 valence electrons. The minimum Gasteiger partial charge on any atom is -0.422 e. The van der Waals surface area contributed by atoms with Crippen LogP contribution in [-0.4, -0.2) is 37.3 Å². The summed E-state index contributed by atoms with van der Waals surface area (Å²) in [6.45, 7) is 0.443. The van der Waals surface area contributed by atoms with Gasteiger partial charge >= 0.3 is 5.63 Å². The number of rotatable bonds is 6. The Bertz CT molecular complexity index is 1190. The molecule has 3 aromatic rings. The molecule has 7 nitrogen and oxygen atoms in total. The number of nitrogens with zero attached hydrogens (tertiary/aromatic N) is 2. The van der Waals surface area contributed by atoms with Gasteiger partial charge < -0.3 is 9.32 Å². The fourth-order valence-corrected chi connectivity index (χ4v) is 5.21. The van der Waals surface area contributed by atoms with Gasteiger partial charge in [0.15, 0.2) is 0 Å². The van der Waals surface area contributed by atoms with E-state index in [1.807, 2.05) is 30.1 Å². The SMILES string of the molecule is CN(CCCS(=O)(=O)O)c1ccc2cc(-c3nc4c(s3)CCCC4)c(=O)oc2c1. The van der Waals surface area contributed by atoms with Crippen molar-refractivity contribution in [2.45, 2.75) is 32.1 Å². The van der Waals surface area contributed by atoms with Crippen LogP contribution in [0.2, 0.25) is 0 Å². The summed E-state index contributed by atoms with van der Waals surface area (Å²) in [5, 5.41) is 1.53. The Morgan fingerprint density at radius 1 is 1.24 bits per heavy atom. The Balaban J connectivity index is 1.60. The number of benzene rings is 1. The largest absolute Gasteiger partial charge is 0.422 e. The van der Waals surface area contributed by atoms with Crippen molar-refractivity contribution in [3.63, 3.8) is 0 Å². The maximum Gasteiger partial charge on any atom is 0.346 e. The highest BCUT2D eigenvalue weighted by Gasteiger charge is 2.19. The molecule has 1 aliphatic rings. The van der Waals surface area contributed by atoms with Gasteiger partial charge in [-0.05, 0) is 50.3 Å². The molecule has 0 spiro atoms. The van der Waals surface area contributed by atoms with E-state index in [4.69, 9.17) is 8.97 Å². The predicted molar refractivity (Wildman–Crippen MR) is 115 cm³/mol. The summed E-state index contributed by atoms with van der Waals surface area (Å²) in [5.41, 5.74) is 2.46. The molecule has 0 radical (unpaired) electrons. The Morgan fingerprint density at radius 3 is 2.79 bits per heavy atom. The molecule has 0 saturated carbocycles. The first kappa shape index (κ1) is 20.1. The number of thiazole rings is 1. The van der Waals surface area contributed by atoms with Crippen molar-refractivity contribution in [1.82, 2.24) is 4.98 Å². The molecule has 0 atom stereocenters. The molecule has 2 aromatic heterocycles. The first-order chi connectivity index (χ1) is 13.8. The monoisotopic (exact) mass is 434 g/mol. The van der Waals surface area contributed by atoms with Crippen LogP contribution in [0.5, 0.6) is 0 Å². The highest BCUT2D eigenvalue weighted by Crippen LogP contribution is 2.32. The zero-order valence-electron chi connectivity index (χ0n) is 16.1. The van der Waals surface area contributed by atoms with Gasteiger partial charge in [-0.25, -0.2) is 9.78 Å². The van der Waals surface area contributed by atoms with Crippen molar-refractivity contribution in [3.05, 3.63) is 45.3 Å². The van der Waals surface area contributed by atoms with Crippen molar-refractivity contribution in [2.24, 2.45) is 0 Å². The van der Waals surface area contributed by atoms with Crippen LogP contribution in [0.15, 0.2) is 33.5 Å². The van der Waals surface area contributed by atoms with Crippen molar-refractivity contribution in [2.75, 3.05) is 24.2 Å². The van der Waals surface area contributed by atoms with Gasteiger partial charge in [0.25, 0.3) is 10.1 Å². The number of hydrogen-bond acceptors (Lipinski definition) is 7. The lowest BCUT2D eigenvalue weighted by Crippen LogP contribution is -2.21. The van der Waals surface area contributed by atoms with E-state index >= 15 is 0 Å². The molecule has 0 bridgehead atoms. The average Bonchev–Trinajstić information content (AvgIpc) is 3.09. The van der Waals surface area contributed by atoms with Crippen LogP contribution in [-0.2, 0) is 23.0 Å². The van der Waals surface area contributed by atoms with E-state index in [1.54, 1.807) is 17.4 Å². The second-order valence-corrected chi connectivity index (χ2v) is 9.98. The summed E-state index contributed by atoms with van der Waals surface area (Å²) in [6.07, 6.45) is 4.60. The Labute approximate surface area is 172 Å². The molecule has 1 aliphatic carbocycles. The van der Waals surface area contributed by atoms with Crippen molar-refractivity contribution in [1.29, 1.82) is 0 Å². The normalized spacial score (nSPS) is 14.1. The van der Waals surface area contributed by atoms with Gasteiger partial charge in [0.1, 0.15) is 10.6 Å². The van der Waals surface area contributed by atoms with Crippen LogP contribution in [0.1, 0.15) is 29.8 Å². The molecule has 9 heteroatoms. The van der Waals surface area contributed by atoms with Crippen molar-refractivity contribution < 1.29 is 17.4 Å². The lowest BCUT2D eigenvalue weighted by atomic mass is 10.0. The third-order valence-electron chi connectivity index (χ3n) is 5.13. The molecule has 0 aliphatic heterocycles. The molecule has 4 rings (SSSR count). The Kier molecular flexibility index (Phi) is 5.46. The quantitative estimate of drug-likeness (QED) is 0.468. The number of aromatic nitrogens is 1. The smallest absolute Gasteiger partial charge is 0.346 e. The lowest BCUT2D eigenvalue weighted by Gasteiger charge is -2.19. The summed E-state index contributed by atoms with van der Waals surface area (Å²) in [7, 11) is -2.15. The number of aryl methyl sites for hydroxylation is 2. The van der Waals surface area contributed by atoms with Gasteiger partial charge in [-0.3, -0.25) is 4.55 Å². The minimum absolute atomic E-state index is 0.291. The van der Waals surface area contributed by atoms with E-state index in [-0.39, 0.29) is 5.75 Å². The van der Waals surface area contributed by atoms with Crippen LogP contribution in [0.3, 0.4) is 0 Å². The first-order valence-electron chi connectivity index (χ1n) is 9.53. The number of anilines is 1. The standard InChI is InChI=1S/C20H22N2O5S2/c1-22(9-4-10-29(24,25)26)14-8-7-13-11-15(20(23)27-17(13)12-14)19-21-16-5-2-3-6-18(16)28-19/h7-8,11-12H,2-6,9-10H2,1H3,(H,24,25,26). The van der Waals surface area contributed by atoms with E-state index < -0.39 is 15.7 Å². The zero-order chi connectivity index (χ0) is 20.6. The lowest BCUT2D eigenvalue weighted by molar-refractivity contribution is 0.481. The summed E-state index contributed by atoms with van der Waals surface area (Å²) in [5.74, 6) is -0.291. The third-order valence-corrected chi connectivity index (χ3v) is 7.13. The van der Waals surface area contributed by atoms with Gasteiger partial charge in [0.05, 0.1) is 17.0 Å². The Morgan fingerprint density at radius 2 is 2.03 bits per heavy atom. The maximum atomic E-state index is 12.6. The van der Waals surface area contributed by atoms with Crippen molar-refractivity contribution >= 4 is 38.1 Å².